The summed E-state index contributed by atoms with van der Waals surface area (Å²) in [7, 11) is 1.46. The molecule has 0 saturated carbocycles. The minimum Gasteiger partial charge on any atom is -0.462 e. The van der Waals surface area contributed by atoms with E-state index in [1.54, 1.807) is 0 Å². The Morgan fingerprint density at radius 2 is 0.600 bits per heavy atom. The van der Waals surface area contributed by atoms with Crippen molar-refractivity contribution in [3.05, 3.63) is 158 Å². The number of quaternary nitrogens is 1. The van der Waals surface area contributed by atoms with Gasteiger partial charge in [0.25, 0.3) is 0 Å². The second kappa shape index (κ2) is 69.0. The molecule has 0 aliphatic carbocycles. The molecule has 2 unspecified atom stereocenters. The van der Waals surface area contributed by atoms with Crippen LogP contribution in [-0.2, 0) is 32.7 Å². The molecule has 0 heterocycles. The van der Waals surface area contributed by atoms with Crippen LogP contribution in [0, 0.1) is 0 Å². The highest BCUT2D eigenvalue weighted by Crippen LogP contribution is 2.43. The molecule has 0 bridgehead atoms. The van der Waals surface area contributed by atoms with E-state index < -0.39 is 26.5 Å². The Balaban J connectivity index is 4.09. The van der Waals surface area contributed by atoms with Crippen LogP contribution < -0.4 is 0 Å². The summed E-state index contributed by atoms with van der Waals surface area (Å²) in [6, 6.07) is 0. The fraction of sp³-hybridized carbons (Fsp3) is 0.650. The molecule has 0 saturated heterocycles. The lowest BCUT2D eigenvalue weighted by atomic mass is 10.0. The van der Waals surface area contributed by atoms with Crippen molar-refractivity contribution in [1.82, 2.24) is 0 Å². The third-order valence-corrected chi connectivity index (χ3v) is 16.0. The number of likely N-dealkylation sites (N-methyl/N-ethyl adjacent to an activating group) is 1. The van der Waals surface area contributed by atoms with Crippen molar-refractivity contribution < 1.29 is 42.1 Å². The van der Waals surface area contributed by atoms with Gasteiger partial charge in [0.1, 0.15) is 19.8 Å². The average molecular weight is 1270 g/mol. The van der Waals surface area contributed by atoms with Crippen molar-refractivity contribution in [3.8, 4) is 0 Å². The molecule has 0 amide bonds. The summed E-state index contributed by atoms with van der Waals surface area (Å²) in [6.07, 6.45) is 103. The Bertz CT molecular complexity index is 2080. The molecule has 0 spiro atoms. The molecule has 1 N–H and O–H groups in total. The minimum atomic E-state index is -4.40. The van der Waals surface area contributed by atoms with Gasteiger partial charge in [-0.1, -0.05) is 307 Å². The van der Waals surface area contributed by atoms with Gasteiger partial charge in [-0.3, -0.25) is 18.6 Å². The summed E-state index contributed by atoms with van der Waals surface area (Å²) in [4.78, 5) is 35.9. The van der Waals surface area contributed by atoms with E-state index in [0.717, 1.165) is 128 Å². The van der Waals surface area contributed by atoms with E-state index in [1.165, 1.54) is 122 Å². The maximum atomic E-state index is 12.9. The van der Waals surface area contributed by atoms with Crippen LogP contribution in [0.4, 0.5) is 0 Å². The molecule has 512 valence electrons. The zero-order valence-electron chi connectivity index (χ0n) is 58.3. The van der Waals surface area contributed by atoms with Gasteiger partial charge >= 0.3 is 19.8 Å². The van der Waals surface area contributed by atoms with Gasteiger partial charge < -0.3 is 18.9 Å². The number of rotatable bonds is 65. The van der Waals surface area contributed by atoms with E-state index in [-0.39, 0.29) is 32.0 Å². The molecule has 9 nitrogen and oxygen atoms in total. The number of carbonyl (C=O) groups is 2. The molecule has 0 aromatic heterocycles. The Morgan fingerprint density at radius 3 is 0.889 bits per heavy atom. The number of phosphoric acid groups is 1. The third-order valence-electron chi connectivity index (χ3n) is 15.1. The van der Waals surface area contributed by atoms with Crippen LogP contribution >= 0.6 is 7.82 Å². The Morgan fingerprint density at radius 1 is 0.344 bits per heavy atom. The van der Waals surface area contributed by atoms with Crippen LogP contribution in [0.1, 0.15) is 284 Å². The largest absolute Gasteiger partial charge is 0.472 e. The smallest absolute Gasteiger partial charge is 0.462 e. The molecule has 0 aromatic carbocycles. The van der Waals surface area contributed by atoms with Crippen LogP contribution in [0.15, 0.2) is 158 Å². The van der Waals surface area contributed by atoms with E-state index in [1.807, 2.05) is 21.1 Å². The highest BCUT2D eigenvalue weighted by Gasteiger charge is 2.27. The first-order valence-corrected chi connectivity index (χ1v) is 37.7. The van der Waals surface area contributed by atoms with Gasteiger partial charge in [-0.25, -0.2) is 4.57 Å². The lowest BCUT2D eigenvalue weighted by Gasteiger charge is -2.24. The monoisotopic (exact) mass is 1270 g/mol. The van der Waals surface area contributed by atoms with Crippen molar-refractivity contribution in [3.63, 3.8) is 0 Å². The number of phosphoric ester groups is 1. The van der Waals surface area contributed by atoms with Crippen molar-refractivity contribution in [2.45, 2.75) is 290 Å². The molecule has 0 fully saturated rings. The second-order valence-electron chi connectivity index (χ2n) is 24.9. The highest BCUT2D eigenvalue weighted by atomic mass is 31.2. The minimum absolute atomic E-state index is 0.0241. The topological polar surface area (TPSA) is 108 Å². The molecular formula is C80H135NO8P+. The first-order chi connectivity index (χ1) is 44.0. The van der Waals surface area contributed by atoms with Crippen LogP contribution in [0.3, 0.4) is 0 Å². The van der Waals surface area contributed by atoms with E-state index in [0.29, 0.717) is 17.4 Å². The number of hydrogen-bond acceptors (Lipinski definition) is 7. The van der Waals surface area contributed by atoms with E-state index >= 15 is 0 Å². The first kappa shape index (κ1) is 85.6. The molecule has 0 aliphatic rings. The van der Waals surface area contributed by atoms with Gasteiger partial charge in [-0.2, -0.15) is 0 Å². The Kier molecular flexibility index (Phi) is 65.6. The van der Waals surface area contributed by atoms with Crippen molar-refractivity contribution >= 4 is 19.8 Å². The van der Waals surface area contributed by atoms with Gasteiger partial charge in [0.05, 0.1) is 27.7 Å². The zero-order valence-corrected chi connectivity index (χ0v) is 59.2. The number of carbonyl (C=O) groups excluding carboxylic acids is 2. The molecule has 0 radical (unpaired) electrons. The van der Waals surface area contributed by atoms with Crippen LogP contribution in [0.2, 0.25) is 0 Å². The molecule has 2 atom stereocenters. The summed E-state index contributed by atoms with van der Waals surface area (Å²) in [5.74, 6) is -0.805. The van der Waals surface area contributed by atoms with Crippen LogP contribution in [-0.4, -0.2) is 74.9 Å². The van der Waals surface area contributed by atoms with Gasteiger partial charge in [0.15, 0.2) is 6.10 Å². The van der Waals surface area contributed by atoms with Crippen molar-refractivity contribution in [2.75, 3.05) is 47.5 Å². The summed E-state index contributed by atoms with van der Waals surface area (Å²) in [5.41, 5.74) is 0. The fourth-order valence-electron chi connectivity index (χ4n) is 9.59. The normalized spacial score (nSPS) is 14.1. The maximum absolute atomic E-state index is 12.9. The predicted octanol–water partition coefficient (Wildman–Crippen LogP) is 23.9. The SMILES string of the molecule is CC/C=C\C/C=C\C/C=C\C/C=C\C/C=C\C/C=C\C/C=C\C/C=C\CCCCCCCCCCCCC(=O)OC(COC(=O)CCCCCCCCCCCCCCCCC/C=C\C/C=C\C/C=C\C/C=C\C/C=C\CC)COP(=O)(O)OCC[N+](C)(C)C. The van der Waals surface area contributed by atoms with Crippen LogP contribution in [0.25, 0.3) is 0 Å². The number of allylic oxidation sites excluding steroid dienone is 26. The van der Waals surface area contributed by atoms with Crippen LogP contribution in [0.5, 0.6) is 0 Å². The predicted molar refractivity (Wildman–Crippen MR) is 390 cm³/mol. The second-order valence-corrected chi connectivity index (χ2v) is 26.3. The number of nitrogens with zero attached hydrogens (tertiary/aromatic N) is 1. The molecule has 0 aromatic rings. The van der Waals surface area contributed by atoms with Gasteiger partial charge in [-0.15, -0.1) is 0 Å². The average Bonchev–Trinajstić information content (AvgIpc) is 3.61. The van der Waals surface area contributed by atoms with E-state index in [2.05, 4.69) is 172 Å². The number of ether oxygens (including phenoxy) is 2. The summed E-state index contributed by atoms with van der Waals surface area (Å²) in [5, 5.41) is 0. The molecule has 90 heavy (non-hydrogen) atoms. The molecule has 0 aliphatic heterocycles. The third kappa shape index (κ3) is 72.7. The van der Waals surface area contributed by atoms with Crippen molar-refractivity contribution in [1.29, 1.82) is 0 Å². The number of hydrogen-bond donors (Lipinski definition) is 1. The van der Waals surface area contributed by atoms with Crippen molar-refractivity contribution in [2.24, 2.45) is 0 Å². The Labute approximate surface area is 554 Å². The zero-order chi connectivity index (χ0) is 65.5. The quantitative estimate of drug-likeness (QED) is 0.0211. The lowest BCUT2D eigenvalue weighted by molar-refractivity contribution is -0.870. The van der Waals surface area contributed by atoms with Gasteiger partial charge in [0.2, 0.25) is 0 Å². The van der Waals surface area contributed by atoms with E-state index in [9.17, 15) is 19.0 Å². The summed E-state index contributed by atoms with van der Waals surface area (Å²) < 4.78 is 34.8. The fourth-order valence-corrected chi connectivity index (χ4v) is 10.3. The first-order valence-electron chi connectivity index (χ1n) is 36.2. The number of esters is 2. The highest BCUT2D eigenvalue weighted by molar-refractivity contribution is 7.47. The lowest BCUT2D eigenvalue weighted by Crippen LogP contribution is -2.37. The van der Waals surface area contributed by atoms with E-state index in [4.69, 9.17) is 18.5 Å². The molecule has 10 heteroatoms. The summed E-state index contributed by atoms with van der Waals surface area (Å²) in [6.45, 7) is 4.21. The number of unbranched alkanes of at least 4 members (excludes halogenated alkanes) is 25. The maximum Gasteiger partial charge on any atom is 0.472 e. The van der Waals surface area contributed by atoms with Gasteiger partial charge in [-0.05, 0) is 122 Å². The van der Waals surface area contributed by atoms with Gasteiger partial charge in [0, 0.05) is 12.8 Å². The summed E-state index contributed by atoms with van der Waals surface area (Å²) >= 11 is 0. The Hall–Kier alpha value is -4.37. The standard InChI is InChI=1S/C80H134NO8P/c1-6-8-10-12-14-16-18-20-22-24-26-28-30-32-34-36-38-39-40-41-43-45-47-49-51-53-55-57-59-61-63-65-67-69-71-73-80(83)89-78(77-88-90(84,85)87-75-74-81(3,4)5)76-86-79(82)72-70-68-66-64-62-60-58-56-54-52-50-48-46-44-42-37-35-33-31-29-27-25-23-21-19-17-15-13-11-9-7-2/h8-11,14-17,20-23,26-29,32-35,38-39,41,43,47,49,78H,6-7,12-13,18-19,24-25,30-31,36-37,40,42,44-46,48,50-77H2,1-5H3/p+1/b10-8-,11-9-,16-14-,17-15-,22-20-,23-21-,28-26-,29-27-,34-32-,35-33-,39-38-,43-41-,49-47-. The molecule has 0 rings (SSSR count). The molecular weight excluding hydrogens is 1130 g/mol.